The van der Waals surface area contributed by atoms with Gasteiger partial charge in [0, 0.05) is 10.5 Å². The Morgan fingerprint density at radius 3 is 2.87 bits per heavy atom. The highest BCUT2D eigenvalue weighted by Gasteiger charge is 2.50. The molecule has 0 spiro atoms. The second-order valence-electron chi connectivity index (χ2n) is 10.6. The maximum Gasteiger partial charge on any atom is 0.210 e. The number of hydrogen-bond donors (Lipinski definition) is 3. The average molecular weight is 423 g/mol. The van der Waals surface area contributed by atoms with Crippen LogP contribution in [-0.2, 0) is 0 Å². The van der Waals surface area contributed by atoms with E-state index in [2.05, 4.69) is 25.5 Å². The Kier molecular flexibility index (Phi) is 5.18. The zero-order valence-corrected chi connectivity index (χ0v) is 19.1. The van der Waals surface area contributed by atoms with Gasteiger partial charge in [-0.2, -0.15) is 0 Å². The standard InChI is InChI=1S/C27H44O3/c1-18(8-6-14-26(3,4)30)23-12-13-24-20(9-7-15-27(23,24)5)10-11-21-16-22(28)17-25(29)19(21)2/h10-11,18,22-25,28-30H,2,6-9,12-17H2,1,3-5H3/b20-10?,21-11-/t18-,22-,23-,24?,25-,27-/m1/s1/i16D,17D2,22D,25D,28D/t16?,18-,22-,23-,24?,25-,27-. The van der Waals surface area contributed by atoms with E-state index in [0.29, 0.717) is 17.8 Å². The van der Waals surface area contributed by atoms with Gasteiger partial charge in [-0.15, -0.1) is 0 Å². The highest BCUT2D eigenvalue weighted by Crippen LogP contribution is 2.60. The molecule has 2 unspecified atom stereocenters. The van der Waals surface area contributed by atoms with Crippen molar-refractivity contribution < 1.29 is 22.2 Å². The lowest BCUT2D eigenvalue weighted by atomic mass is 9.60. The minimum absolute atomic E-state index is 0.0548. The quantitative estimate of drug-likeness (QED) is 0.493. The van der Waals surface area contributed by atoms with Gasteiger partial charge in [0.2, 0.25) is 1.43 Å². The smallest absolute Gasteiger partial charge is 0.210 e. The van der Waals surface area contributed by atoms with Crippen LogP contribution in [0.5, 0.6) is 0 Å². The van der Waals surface area contributed by atoms with E-state index in [1.165, 1.54) is 5.57 Å². The molecule has 0 aromatic rings. The Balaban J connectivity index is 1.86. The van der Waals surface area contributed by atoms with Gasteiger partial charge in [0.1, 0.15) is 0 Å². The highest BCUT2D eigenvalue weighted by atomic mass is 16.3. The average Bonchev–Trinajstić information content (AvgIpc) is 3.14. The summed E-state index contributed by atoms with van der Waals surface area (Å²) in [6.45, 7) is 12.1. The van der Waals surface area contributed by atoms with E-state index in [1.807, 2.05) is 19.9 Å². The van der Waals surface area contributed by atoms with Crippen LogP contribution < -0.4 is 0 Å². The zero-order chi connectivity index (χ0) is 27.3. The first-order valence-corrected chi connectivity index (χ1v) is 11.6. The van der Waals surface area contributed by atoms with Gasteiger partial charge >= 0.3 is 0 Å². The van der Waals surface area contributed by atoms with Crippen LogP contribution in [0, 0.1) is 23.2 Å². The monoisotopic (exact) mass is 422 g/mol. The van der Waals surface area contributed by atoms with E-state index in [0.717, 1.165) is 51.4 Å². The van der Waals surface area contributed by atoms with Gasteiger partial charge in [-0.1, -0.05) is 51.0 Å². The van der Waals surface area contributed by atoms with Crippen molar-refractivity contribution in [3.05, 3.63) is 35.5 Å². The molecule has 3 heteroatoms. The molecule has 0 bridgehead atoms. The molecule has 3 N–H and O–H groups in total. The van der Waals surface area contributed by atoms with Gasteiger partial charge in [0.25, 0.3) is 0 Å². The third-order valence-electron chi connectivity index (χ3n) is 7.81. The second-order valence-corrected chi connectivity index (χ2v) is 10.6. The maximum absolute atomic E-state index is 10.6. The molecule has 0 heterocycles. The van der Waals surface area contributed by atoms with Crippen molar-refractivity contribution in [3.63, 3.8) is 0 Å². The molecule has 0 saturated heterocycles. The molecule has 0 aliphatic heterocycles. The third kappa shape index (κ3) is 5.29. The van der Waals surface area contributed by atoms with Crippen LogP contribution in [0.15, 0.2) is 35.5 Å². The minimum atomic E-state index is -3.01. The summed E-state index contributed by atoms with van der Waals surface area (Å²) in [5, 5.41) is 25.0. The Hall–Kier alpha value is -0.900. The molecule has 0 amide bonds. The number of rotatable bonds is 7. The van der Waals surface area contributed by atoms with Crippen molar-refractivity contribution in [2.75, 3.05) is 0 Å². The van der Waals surface area contributed by atoms with Gasteiger partial charge in [-0.05, 0) is 93.1 Å². The van der Waals surface area contributed by atoms with E-state index in [1.54, 1.807) is 6.08 Å². The van der Waals surface area contributed by atoms with Crippen molar-refractivity contribution >= 4 is 0 Å². The lowest BCUT2D eigenvalue weighted by Crippen LogP contribution is -2.36. The van der Waals surface area contributed by atoms with E-state index >= 15 is 0 Å². The number of allylic oxidation sites excluding steroid dienone is 3. The van der Waals surface area contributed by atoms with Crippen molar-refractivity contribution in [1.29, 1.82) is 1.43 Å². The van der Waals surface area contributed by atoms with Crippen LogP contribution in [-0.4, -0.2) is 34.5 Å². The molecule has 3 aliphatic rings. The summed E-state index contributed by atoms with van der Waals surface area (Å²) in [5.74, 6) is 1.51. The molecule has 7 atom stereocenters. The van der Waals surface area contributed by atoms with Gasteiger partial charge in [0.15, 0.2) is 0 Å². The van der Waals surface area contributed by atoms with E-state index < -0.39 is 30.5 Å². The lowest BCUT2D eigenvalue weighted by molar-refractivity contribution is 0.0596. The molecular weight excluding hydrogens is 372 g/mol. The molecule has 0 radical (unpaired) electrons. The van der Waals surface area contributed by atoms with Crippen molar-refractivity contribution in [3.8, 4) is 0 Å². The summed E-state index contributed by atoms with van der Waals surface area (Å²) < 4.78 is 48.5. The van der Waals surface area contributed by atoms with Crippen molar-refractivity contribution in [2.24, 2.45) is 23.2 Å². The van der Waals surface area contributed by atoms with Crippen LogP contribution in [0.25, 0.3) is 0 Å². The molecule has 170 valence electrons. The highest BCUT2D eigenvalue weighted by molar-refractivity contribution is 5.38. The second kappa shape index (κ2) is 9.30. The summed E-state index contributed by atoms with van der Waals surface area (Å²) in [7, 11) is 0. The Bertz CT molecular complexity index is 908. The van der Waals surface area contributed by atoms with E-state index in [-0.39, 0.29) is 16.6 Å². The molecule has 3 rings (SSSR count). The summed E-state index contributed by atoms with van der Waals surface area (Å²) in [6, 6.07) is 0. The van der Waals surface area contributed by atoms with Crippen LogP contribution in [0.4, 0.5) is 0 Å². The lowest BCUT2D eigenvalue weighted by Gasteiger charge is -2.44. The maximum atomic E-state index is 10.6. The molecule has 3 aliphatic carbocycles. The fraction of sp³-hybridized carbons (Fsp3) is 0.778. The topological polar surface area (TPSA) is 60.7 Å². The summed E-state index contributed by atoms with van der Waals surface area (Å²) >= 11 is 0. The fourth-order valence-electron chi connectivity index (χ4n) is 6.21. The van der Waals surface area contributed by atoms with Crippen molar-refractivity contribution in [2.45, 2.75) is 110 Å². The van der Waals surface area contributed by atoms with E-state index in [9.17, 15) is 10.2 Å². The molecule has 0 aromatic carbocycles. The van der Waals surface area contributed by atoms with E-state index in [4.69, 9.17) is 8.28 Å². The Morgan fingerprint density at radius 2 is 2.17 bits per heavy atom. The zero-order valence-electron chi connectivity index (χ0n) is 25.1. The number of hydrogen-bond acceptors (Lipinski definition) is 3. The van der Waals surface area contributed by atoms with Gasteiger partial charge in [0.05, 0.1) is 20.5 Å². The fourth-order valence-corrected chi connectivity index (χ4v) is 6.21. The van der Waals surface area contributed by atoms with Gasteiger partial charge < -0.3 is 15.3 Å². The van der Waals surface area contributed by atoms with Crippen LogP contribution >= 0.6 is 0 Å². The Labute approximate surface area is 192 Å². The predicted molar refractivity (Wildman–Crippen MR) is 124 cm³/mol. The summed E-state index contributed by atoms with van der Waals surface area (Å²) in [4.78, 5) is 0. The normalized spacial score (nSPS) is 50.7. The molecule has 3 fully saturated rings. The molecule has 30 heavy (non-hydrogen) atoms. The molecule has 0 aromatic heterocycles. The van der Waals surface area contributed by atoms with Crippen molar-refractivity contribution in [1.82, 2.24) is 0 Å². The number of fused-ring (bicyclic) bond motifs is 1. The number of aliphatic hydroxyl groups is 3. The molecule has 3 nitrogen and oxygen atoms in total. The first-order valence-electron chi connectivity index (χ1n) is 14.5. The van der Waals surface area contributed by atoms with Crippen LogP contribution in [0.1, 0.15) is 98.7 Å². The molecular formula is C27H44O3. The van der Waals surface area contributed by atoms with Crippen LogP contribution in [0.2, 0.25) is 0 Å². The predicted octanol–water partition coefficient (Wildman–Crippen LogP) is 5.70. The molecule has 3 saturated carbocycles. The summed E-state index contributed by atoms with van der Waals surface area (Å²) in [6.07, 6.45) is 1.39. The summed E-state index contributed by atoms with van der Waals surface area (Å²) in [5.41, 5.74) is 0.540. The SMILES string of the molecule is [2H]O[C@]1([2H])C([2H])/C(=C/C=C2CCC[C@@]3(C)C2CC[C@@H]3[C@H](C)CCCC(C)(C)O)C(=C)[C@]([2H])(O)C1([2H])[2H]. The van der Waals surface area contributed by atoms with Crippen LogP contribution in [0.3, 0.4) is 0 Å². The van der Waals surface area contributed by atoms with Gasteiger partial charge in [-0.25, -0.2) is 0 Å². The Morgan fingerprint density at radius 1 is 1.40 bits per heavy atom. The minimum Gasteiger partial charge on any atom is -0.393 e. The largest absolute Gasteiger partial charge is 0.393 e. The first-order chi connectivity index (χ1) is 16.4. The van der Waals surface area contributed by atoms with Gasteiger partial charge in [-0.3, -0.25) is 0 Å². The third-order valence-corrected chi connectivity index (χ3v) is 7.81. The first kappa shape index (κ1) is 16.7.